The zero-order valence-electron chi connectivity index (χ0n) is 7.52. The molecule has 0 saturated heterocycles. The molecule has 0 amide bonds. The zero-order chi connectivity index (χ0) is 9.80. The van der Waals surface area contributed by atoms with Gasteiger partial charge in [0.1, 0.15) is 0 Å². The van der Waals surface area contributed by atoms with Crippen molar-refractivity contribution in [3.63, 3.8) is 0 Å². The van der Waals surface area contributed by atoms with E-state index in [4.69, 9.17) is 0 Å². The van der Waals surface area contributed by atoms with Crippen molar-refractivity contribution in [2.24, 2.45) is 0 Å². The Labute approximate surface area is 91.9 Å². The summed E-state index contributed by atoms with van der Waals surface area (Å²) in [6.45, 7) is 0. The van der Waals surface area contributed by atoms with Gasteiger partial charge in [0.25, 0.3) is 0 Å². The molecule has 0 bridgehead atoms. The maximum absolute atomic E-state index is 4.10. The third kappa shape index (κ3) is 2.42. The van der Waals surface area contributed by atoms with Gasteiger partial charge in [-0.2, -0.15) is 0 Å². The summed E-state index contributed by atoms with van der Waals surface area (Å²) in [6, 6.07) is 12.2. The topological polar surface area (TPSA) is 12.9 Å². The molecule has 14 heavy (non-hydrogen) atoms. The first-order valence-electron chi connectivity index (χ1n) is 4.35. The summed E-state index contributed by atoms with van der Waals surface area (Å²) in [4.78, 5) is 4.10. The van der Waals surface area contributed by atoms with Crippen molar-refractivity contribution in [2.45, 2.75) is 0 Å². The maximum atomic E-state index is 4.10. The summed E-state index contributed by atoms with van der Waals surface area (Å²) in [5, 5.41) is 0. The van der Waals surface area contributed by atoms with Gasteiger partial charge in [-0.1, -0.05) is 30.3 Å². The van der Waals surface area contributed by atoms with Crippen LogP contribution in [0.25, 0.3) is 0 Å². The highest BCUT2D eigenvalue weighted by molar-refractivity contribution is 9.10. The van der Waals surface area contributed by atoms with Crippen molar-refractivity contribution >= 4 is 15.9 Å². The Morgan fingerprint density at radius 1 is 1.00 bits per heavy atom. The van der Waals surface area contributed by atoms with Crippen molar-refractivity contribution in [3.8, 4) is 0 Å². The van der Waals surface area contributed by atoms with Crippen LogP contribution in [0.3, 0.4) is 0 Å². The van der Waals surface area contributed by atoms with Crippen LogP contribution in [0.1, 0.15) is 11.1 Å². The van der Waals surface area contributed by atoms with Crippen LogP contribution in [-0.2, 0) is 0 Å². The molecule has 1 heterocycles. The fourth-order valence-corrected chi connectivity index (χ4v) is 1.63. The number of benzene rings is 1. The van der Waals surface area contributed by atoms with Gasteiger partial charge in [0.15, 0.2) is 0 Å². The molecule has 0 unspecified atom stereocenters. The fourth-order valence-electron chi connectivity index (χ4n) is 1.25. The molecule has 0 aliphatic heterocycles. The van der Waals surface area contributed by atoms with Gasteiger partial charge in [0.2, 0.25) is 0 Å². The second kappa shape index (κ2) is 4.38. The summed E-state index contributed by atoms with van der Waals surface area (Å²) < 4.78 is 1.00. The van der Waals surface area contributed by atoms with E-state index in [1.807, 2.05) is 30.5 Å². The van der Waals surface area contributed by atoms with Crippen LogP contribution in [0, 0.1) is 6.42 Å². The van der Waals surface area contributed by atoms with Gasteiger partial charge in [-0.05, 0) is 33.1 Å². The SMILES string of the molecule is Brc1cncc([CH]c2ccccc2)c1. The van der Waals surface area contributed by atoms with E-state index in [-0.39, 0.29) is 0 Å². The average Bonchev–Trinajstić information content (AvgIpc) is 2.19. The third-order valence-corrected chi connectivity index (χ3v) is 2.29. The minimum absolute atomic E-state index is 1.00. The lowest BCUT2D eigenvalue weighted by Crippen LogP contribution is -1.85. The number of aromatic nitrogens is 1. The Hall–Kier alpha value is -1.15. The molecule has 0 N–H and O–H groups in total. The highest BCUT2D eigenvalue weighted by Crippen LogP contribution is 2.14. The highest BCUT2D eigenvalue weighted by Gasteiger charge is 1.96. The third-order valence-electron chi connectivity index (χ3n) is 1.86. The van der Waals surface area contributed by atoms with Gasteiger partial charge in [-0.15, -0.1) is 0 Å². The van der Waals surface area contributed by atoms with E-state index in [0.29, 0.717) is 0 Å². The molecule has 0 aliphatic rings. The molecule has 2 heteroatoms. The standard InChI is InChI=1S/C12H9BrN/c13-12-7-11(8-14-9-12)6-10-4-2-1-3-5-10/h1-9H. The van der Waals surface area contributed by atoms with E-state index < -0.39 is 0 Å². The normalized spacial score (nSPS) is 10.1. The second-order valence-electron chi connectivity index (χ2n) is 2.99. The predicted octanol–water partition coefficient (Wildman–Crippen LogP) is 3.44. The first kappa shape index (κ1) is 9.41. The lowest BCUT2D eigenvalue weighted by Gasteiger charge is -2.00. The summed E-state index contributed by atoms with van der Waals surface area (Å²) in [6.07, 6.45) is 5.72. The smallest absolute Gasteiger partial charge is 0.0410 e. The van der Waals surface area contributed by atoms with Crippen LogP contribution in [0.5, 0.6) is 0 Å². The molecule has 1 aromatic carbocycles. The molecule has 2 rings (SSSR count). The van der Waals surface area contributed by atoms with Crippen molar-refractivity contribution in [2.75, 3.05) is 0 Å². The highest BCUT2D eigenvalue weighted by atomic mass is 79.9. The average molecular weight is 247 g/mol. The lowest BCUT2D eigenvalue weighted by atomic mass is 10.1. The summed E-state index contributed by atoms with van der Waals surface area (Å²) in [7, 11) is 0. The van der Waals surface area contributed by atoms with Crippen LogP contribution in [0.2, 0.25) is 0 Å². The lowest BCUT2D eigenvalue weighted by molar-refractivity contribution is 1.26. The van der Waals surface area contributed by atoms with E-state index in [2.05, 4.69) is 39.5 Å². The van der Waals surface area contributed by atoms with Gasteiger partial charge >= 0.3 is 0 Å². The van der Waals surface area contributed by atoms with Gasteiger partial charge in [-0.25, -0.2) is 0 Å². The summed E-state index contributed by atoms with van der Waals surface area (Å²) in [5.74, 6) is 0. The van der Waals surface area contributed by atoms with Gasteiger partial charge < -0.3 is 0 Å². The molecule has 0 aliphatic carbocycles. The molecule has 2 aromatic rings. The van der Waals surface area contributed by atoms with Crippen LogP contribution in [0.15, 0.2) is 53.3 Å². The number of hydrogen-bond donors (Lipinski definition) is 0. The first-order valence-corrected chi connectivity index (χ1v) is 5.14. The van der Waals surface area contributed by atoms with E-state index in [9.17, 15) is 0 Å². The number of nitrogens with zero attached hydrogens (tertiary/aromatic N) is 1. The molecule has 1 aromatic heterocycles. The monoisotopic (exact) mass is 246 g/mol. The largest absolute Gasteiger partial charge is 0.263 e. The van der Waals surface area contributed by atoms with Gasteiger partial charge in [-0.3, -0.25) is 4.98 Å². The first-order chi connectivity index (χ1) is 6.84. The van der Waals surface area contributed by atoms with Crippen molar-refractivity contribution in [1.82, 2.24) is 4.98 Å². The van der Waals surface area contributed by atoms with E-state index in [1.165, 1.54) is 5.56 Å². The Kier molecular flexibility index (Phi) is 2.94. The molecule has 69 valence electrons. The van der Waals surface area contributed by atoms with Crippen molar-refractivity contribution in [1.29, 1.82) is 0 Å². The van der Waals surface area contributed by atoms with Gasteiger partial charge in [0.05, 0.1) is 0 Å². The molecular formula is C12H9BrN. The minimum atomic E-state index is 1.00. The Morgan fingerprint density at radius 2 is 1.79 bits per heavy atom. The molecule has 0 atom stereocenters. The fraction of sp³-hybridized carbons (Fsp3) is 0. The molecule has 0 spiro atoms. The maximum Gasteiger partial charge on any atom is 0.0410 e. The van der Waals surface area contributed by atoms with Crippen LogP contribution in [0.4, 0.5) is 0 Å². The van der Waals surface area contributed by atoms with Crippen molar-refractivity contribution in [3.05, 3.63) is 70.8 Å². The molecule has 1 radical (unpaired) electrons. The van der Waals surface area contributed by atoms with E-state index >= 15 is 0 Å². The number of hydrogen-bond acceptors (Lipinski definition) is 1. The van der Waals surface area contributed by atoms with E-state index in [1.54, 1.807) is 6.20 Å². The van der Waals surface area contributed by atoms with Crippen LogP contribution >= 0.6 is 15.9 Å². The Bertz CT molecular complexity index is 412. The van der Waals surface area contributed by atoms with Crippen LogP contribution < -0.4 is 0 Å². The Morgan fingerprint density at radius 3 is 2.50 bits per heavy atom. The molecular weight excluding hydrogens is 238 g/mol. The molecule has 0 saturated carbocycles. The predicted molar refractivity (Wildman–Crippen MR) is 60.9 cm³/mol. The number of rotatable bonds is 2. The van der Waals surface area contributed by atoms with E-state index in [0.717, 1.165) is 10.0 Å². The van der Waals surface area contributed by atoms with Gasteiger partial charge in [0, 0.05) is 23.3 Å². The number of halogens is 1. The zero-order valence-corrected chi connectivity index (χ0v) is 9.11. The minimum Gasteiger partial charge on any atom is -0.263 e. The quantitative estimate of drug-likeness (QED) is 0.792. The molecule has 0 fully saturated rings. The number of pyridine rings is 1. The summed E-state index contributed by atoms with van der Waals surface area (Å²) >= 11 is 3.39. The second-order valence-corrected chi connectivity index (χ2v) is 3.91. The Balaban J connectivity index is 2.19. The van der Waals surface area contributed by atoms with Crippen LogP contribution in [-0.4, -0.2) is 4.98 Å². The summed E-state index contributed by atoms with van der Waals surface area (Å²) in [5.41, 5.74) is 2.29. The molecule has 1 nitrogen and oxygen atoms in total. The van der Waals surface area contributed by atoms with Crippen molar-refractivity contribution < 1.29 is 0 Å².